The minimum Gasteiger partial charge on any atom is -0.479 e. The Morgan fingerprint density at radius 3 is 3.14 bits per heavy atom. The Bertz CT molecular complexity index is 234. The second-order valence-electron chi connectivity index (χ2n) is 3.31. The van der Waals surface area contributed by atoms with Gasteiger partial charge < -0.3 is 9.84 Å². The molecule has 0 aromatic carbocycles. The number of carboxylic acid groups (broad SMARTS) is 1. The van der Waals surface area contributed by atoms with Gasteiger partial charge >= 0.3 is 5.97 Å². The molecule has 0 bridgehead atoms. The predicted octanol–water partition coefficient (Wildman–Crippen LogP) is 0.185. The van der Waals surface area contributed by atoms with Crippen LogP contribution in [-0.4, -0.2) is 48.3 Å². The number of carboxylic acids is 1. The van der Waals surface area contributed by atoms with E-state index in [1.165, 1.54) is 0 Å². The van der Waals surface area contributed by atoms with Gasteiger partial charge in [-0.05, 0) is 13.0 Å². The van der Waals surface area contributed by atoms with E-state index in [0.717, 1.165) is 25.9 Å². The molecule has 1 aliphatic heterocycles. The molecule has 0 aliphatic carbocycles. The molecule has 4 nitrogen and oxygen atoms in total. The van der Waals surface area contributed by atoms with E-state index in [-0.39, 0.29) is 0 Å². The highest BCUT2D eigenvalue weighted by molar-refractivity contribution is 5.72. The van der Waals surface area contributed by atoms with Gasteiger partial charge in [0.15, 0.2) is 6.10 Å². The van der Waals surface area contributed by atoms with Crippen molar-refractivity contribution in [2.75, 3.05) is 26.2 Å². The van der Waals surface area contributed by atoms with Gasteiger partial charge in [0, 0.05) is 19.5 Å². The Hall–Kier alpha value is -1.05. The average Bonchev–Trinajstić information content (AvgIpc) is 2.19. The molecule has 1 rings (SSSR count). The van der Waals surface area contributed by atoms with Gasteiger partial charge in [-0.15, -0.1) is 12.3 Å². The average molecular weight is 197 g/mol. The molecule has 0 aromatic rings. The fraction of sp³-hybridized carbons (Fsp3) is 0.700. The number of carbonyl (C=O) groups is 1. The lowest BCUT2D eigenvalue weighted by Gasteiger charge is -2.30. The zero-order valence-corrected chi connectivity index (χ0v) is 8.11. The zero-order valence-electron chi connectivity index (χ0n) is 8.11. The minimum atomic E-state index is -0.883. The SMILES string of the molecule is C#CCCCN1CCOC(C(=O)O)C1. The van der Waals surface area contributed by atoms with E-state index in [1.807, 2.05) is 0 Å². The van der Waals surface area contributed by atoms with Gasteiger partial charge in [0.05, 0.1) is 6.61 Å². The molecule has 0 saturated carbocycles. The predicted molar refractivity (Wildman–Crippen MR) is 51.9 cm³/mol. The zero-order chi connectivity index (χ0) is 10.4. The normalized spacial score (nSPS) is 22.9. The van der Waals surface area contributed by atoms with E-state index in [1.54, 1.807) is 0 Å². The van der Waals surface area contributed by atoms with Gasteiger partial charge in [0.25, 0.3) is 0 Å². The fourth-order valence-electron chi connectivity index (χ4n) is 1.46. The molecular weight excluding hydrogens is 182 g/mol. The Morgan fingerprint density at radius 2 is 2.50 bits per heavy atom. The molecule has 1 atom stereocenters. The third kappa shape index (κ3) is 3.36. The summed E-state index contributed by atoms with van der Waals surface area (Å²) >= 11 is 0. The number of rotatable bonds is 4. The van der Waals surface area contributed by atoms with Gasteiger partial charge in [0.1, 0.15) is 0 Å². The summed E-state index contributed by atoms with van der Waals surface area (Å²) in [5.41, 5.74) is 0. The number of terminal acetylenes is 1. The number of morpholine rings is 1. The molecule has 1 unspecified atom stereocenters. The smallest absolute Gasteiger partial charge is 0.334 e. The van der Waals surface area contributed by atoms with Crippen LogP contribution < -0.4 is 0 Å². The van der Waals surface area contributed by atoms with Crippen LogP contribution in [0.4, 0.5) is 0 Å². The minimum absolute atomic E-state index is 0.472. The van der Waals surface area contributed by atoms with E-state index in [0.29, 0.717) is 13.2 Å². The molecule has 0 amide bonds. The van der Waals surface area contributed by atoms with Crippen molar-refractivity contribution < 1.29 is 14.6 Å². The third-order valence-electron chi connectivity index (χ3n) is 2.22. The number of hydrogen-bond acceptors (Lipinski definition) is 3. The largest absolute Gasteiger partial charge is 0.479 e. The van der Waals surface area contributed by atoms with Crippen molar-refractivity contribution in [2.24, 2.45) is 0 Å². The summed E-state index contributed by atoms with van der Waals surface area (Å²) in [6.45, 7) is 2.62. The summed E-state index contributed by atoms with van der Waals surface area (Å²) in [5, 5.41) is 8.74. The van der Waals surface area contributed by atoms with Crippen LogP contribution >= 0.6 is 0 Å². The Morgan fingerprint density at radius 1 is 1.71 bits per heavy atom. The number of ether oxygens (including phenoxy) is 1. The highest BCUT2D eigenvalue weighted by Gasteiger charge is 2.25. The van der Waals surface area contributed by atoms with Gasteiger partial charge in [0.2, 0.25) is 0 Å². The molecular formula is C10H15NO3. The number of aliphatic carboxylic acids is 1. The maximum absolute atomic E-state index is 10.6. The third-order valence-corrected chi connectivity index (χ3v) is 2.22. The maximum Gasteiger partial charge on any atom is 0.334 e. The highest BCUT2D eigenvalue weighted by Crippen LogP contribution is 2.06. The first-order valence-electron chi connectivity index (χ1n) is 4.74. The van der Waals surface area contributed by atoms with E-state index < -0.39 is 12.1 Å². The Kier molecular flexibility index (Phi) is 4.44. The molecule has 78 valence electrons. The van der Waals surface area contributed by atoms with Crippen molar-refractivity contribution in [3.8, 4) is 12.3 Å². The molecule has 14 heavy (non-hydrogen) atoms. The summed E-state index contributed by atoms with van der Waals surface area (Å²) < 4.78 is 5.09. The standard InChI is InChI=1S/C10H15NO3/c1-2-3-4-5-11-6-7-14-9(8-11)10(12)13/h1,9H,3-8H2,(H,12,13). The van der Waals surface area contributed by atoms with Crippen LogP contribution in [0.5, 0.6) is 0 Å². The fourth-order valence-corrected chi connectivity index (χ4v) is 1.46. The van der Waals surface area contributed by atoms with Crippen molar-refractivity contribution in [1.29, 1.82) is 0 Å². The van der Waals surface area contributed by atoms with Crippen LogP contribution in [0.1, 0.15) is 12.8 Å². The first-order chi connectivity index (χ1) is 6.74. The Balaban J connectivity index is 2.26. The number of nitrogens with zero attached hydrogens (tertiary/aromatic N) is 1. The van der Waals surface area contributed by atoms with Crippen LogP contribution in [0, 0.1) is 12.3 Å². The summed E-state index contributed by atoms with van der Waals surface area (Å²) in [6, 6.07) is 0. The molecule has 0 aromatic heterocycles. The lowest BCUT2D eigenvalue weighted by molar-refractivity contribution is -0.156. The lowest BCUT2D eigenvalue weighted by atomic mass is 10.2. The molecule has 1 N–H and O–H groups in total. The molecule has 1 fully saturated rings. The highest BCUT2D eigenvalue weighted by atomic mass is 16.5. The molecule has 0 spiro atoms. The number of unbranched alkanes of at least 4 members (excludes halogenated alkanes) is 1. The lowest BCUT2D eigenvalue weighted by Crippen LogP contribution is -2.46. The van der Waals surface area contributed by atoms with Crippen LogP contribution in [0.25, 0.3) is 0 Å². The summed E-state index contributed by atoms with van der Waals surface area (Å²) in [7, 11) is 0. The molecule has 0 radical (unpaired) electrons. The van der Waals surface area contributed by atoms with Gasteiger partial charge in [-0.2, -0.15) is 0 Å². The van der Waals surface area contributed by atoms with E-state index in [9.17, 15) is 4.79 Å². The van der Waals surface area contributed by atoms with E-state index >= 15 is 0 Å². The quantitative estimate of drug-likeness (QED) is 0.516. The van der Waals surface area contributed by atoms with Crippen molar-refractivity contribution >= 4 is 5.97 Å². The molecule has 1 heterocycles. The van der Waals surface area contributed by atoms with Crippen molar-refractivity contribution in [3.63, 3.8) is 0 Å². The van der Waals surface area contributed by atoms with Gasteiger partial charge in [-0.25, -0.2) is 4.79 Å². The summed E-state index contributed by atoms with van der Waals surface area (Å²) in [6.07, 6.45) is 6.13. The van der Waals surface area contributed by atoms with Gasteiger partial charge in [-0.1, -0.05) is 0 Å². The number of hydrogen-bond donors (Lipinski definition) is 1. The maximum atomic E-state index is 10.6. The summed E-state index contributed by atoms with van der Waals surface area (Å²) in [5.74, 6) is 1.68. The van der Waals surface area contributed by atoms with Crippen LogP contribution in [0.3, 0.4) is 0 Å². The van der Waals surface area contributed by atoms with E-state index in [4.69, 9.17) is 16.3 Å². The topological polar surface area (TPSA) is 49.8 Å². The molecule has 1 aliphatic rings. The van der Waals surface area contributed by atoms with E-state index in [2.05, 4.69) is 10.8 Å². The second-order valence-corrected chi connectivity index (χ2v) is 3.31. The van der Waals surface area contributed by atoms with Crippen molar-refractivity contribution in [1.82, 2.24) is 4.90 Å². The second kappa shape index (κ2) is 5.63. The van der Waals surface area contributed by atoms with Crippen LogP contribution in [0.2, 0.25) is 0 Å². The first kappa shape index (κ1) is 11.0. The Labute approximate surface area is 83.8 Å². The van der Waals surface area contributed by atoms with Crippen molar-refractivity contribution in [3.05, 3.63) is 0 Å². The van der Waals surface area contributed by atoms with Gasteiger partial charge in [-0.3, -0.25) is 4.90 Å². The monoisotopic (exact) mass is 197 g/mol. The first-order valence-corrected chi connectivity index (χ1v) is 4.74. The molecule has 4 heteroatoms. The molecule has 1 saturated heterocycles. The van der Waals surface area contributed by atoms with Crippen LogP contribution in [0.15, 0.2) is 0 Å². The van der Waals surface area contributed by atoms with Crippen LogP contribution in [-0.2, 0) is 9.53 Å². The van der Waals surface area contributed by atoms with Crippen molar-refractivity contribution in [2.45, 2.75) is 18.9 Å². The summed E-state index contributed by atoms with van der Waals surface area (Å²) in [4.78, 5) is 12.7.